The summed E-state index contributed by atoms with van der Waals surface area (Å²) >= 11 is 0. The van der Waals surface area contributed by atoms with Crippen LogP contribution in [0.1, 0.15) is 0 Å². The van der Waals surface area contributed by atoms with Crippen LogP contribution < -0.4 is 0 Å². The molecule has 0 spiro atoms. The number of hydrogen-bond donors (Lipinski definition) is 6. The van der Waals surface area contributed by atoms with Crippen LogP contribution in [0.15, 0.2) is 0 Å². The summed E-state index contributed by atoms with van der Waals surface area (Å²) in [6.45, 7) is -2.01. The highest BCUT2D eigenvalue weighted by Crippen LogP contribution is 2.35. The van der Waals surface area contributed by atoms with Crippen molar-refractivity contribution < 1.29 is 44.1 Å². The Bertz CT molecular complexity index is 273. The molecule has 3 unspecified atom stereocenters. The highest BCUT2D eigenvalue weighted by Gasteiger charge is 2.31. The maximum Gasteiger partial charge on any atom is 0.469 e. The van der Waals surface area contributed by atoms with Gasteiger partial charge >= 0.3 is 7.82 Å². The second-order valence-corrected chi connectivity index (χ2v) is 4.15. The van der Waals surface area contributed by atoms with Crippen LogP contribution in [0.5, 0.6) is 0 Å². The molecule has 3 atom stereocenters. The molecule has 16 heavy (non-hydrogen) atoms. The zero-order valence-electron chi connectivity index (χ0n) is 8.00. The second-order valence-electron chi connectivity index (χ2n) is 2.91. The summed E-state index contributed by atoms with van der Waals surface area (Å²) in [6, 6.07) is 0. The average Bonchev–Trinajstić information content (AvgIpc) is 2.21. The van der Waals surface area contributed by atoms with Crippen molar-refractivity contribution in [1.29, 1.82) is 0 Å². The van der Waals surface area contributed by atoms with Crippen LogP contribution in [0, 0.1) is 0 Å². The van der Waals surface area contributed by atoms with Gasteiger partial charge in [0, 0.05) is 0 Å². The highest BCUT2D eigenvalue weighted by molar-refractivity contribution is 7.46. The lowest BCUT2D eigenvalue weighted by Crippen LogP contribution is -2.45. The number of hydrogen-bond acceptors (Lipinski definition) is 7. The van der Waals surface area contributed by atoms with E-state index in [0.717, 1.165) is 0 Å². The second kappa shape index (κ2) is 6.38. The largest absolute Gasteiger partial charge is 0.469 e. The van der Waals surface area contributed by atoms with E-state index in [-0.39, 0.29) is 0 Å². The molecule has 0 heterocycles. The molecule has 0 aromatic rings. The van der Waals surface area contributed by atoms with Crippen LogP contribution in [-0.4, -0.2) is 67.5 Å². The first kappa shape index (κ1) is 15.6. The van der Waals surface area contributed by atoms with Gasteiger partial charge in [-0.15, -0.1) is 0 Å². The fraction of sp³-hybridized carbons (Fsp3) is 0.833. The van der Waals surface area contributed by atoms with Gasteiger partial charge in [-0.1, -0.05) is 0 Å². The summed E-state index contributed by atoms with van der Waals surface area (Å²) in [4.78, 5) is 27.2. The monoisotopic (exact) mass is 260 g/mol. The number of carbonyl (C=O) groups is 1. The van der Waals surface area contributed by atoms with Gasteiger partial charge in [0.1, 0.15) is 24.9 Å². The predicted molar refractivity (Wildman–Crippen MR) is 48.1 cm³/mol. The molecule has 9 nitrogen and oxygen atoms in total. The van der Waals surface area contributed by atoms with Gasteiger partial charge in [-0.25, -0.2) is 4.57 Å². The summed E-state index contributed by atoms with van der Waals surface area (Å²) < 4.78 is 14.1. The van der Waals surface area contributed by atoms with E-state index in [2.05, 4.69) is 4.52 Å². The minimum Gasteiger partial charge on any atom is -0.388 e. The van der Waals surface area contributed by atoms with Gasteiger partial charge in [-0.05, 0) is 0 Å². The van der Waals surface area contributed by atoms with E-state index in [4.69, 9.17) is 30.2 Å². The van der Waals surface area contributed by atoms with E-state index in [1.807, 2.05) is 0 Å². The molecular formula is C6H13O9P. The molecule has 96 valence electrons. The number of Topliss-reactive ketones (excluding diaryl/α,β-unsaturated/α-hetero) is 1. The van der Waals surface area contributed by atoms with Crippen molar-refractivity contribution in [3.63, 3.8) is 0 Å². The lowest BCUT2D eigenvalue weighted by molar-refractivity contribution is -0.142. The minimum atomic E-state index is -4.81. The van der Waals surface area contributed by atoms with E-state index in [9.17, 15) is 9.36 Å². The highest BCUT2D eigenvalue weighted by atomic mass is 31.2. The zero-order valence-corrected chi connectivity index (χ0v) is 8.90. The fourth-order valence-electron chi connectivity index (χ4n) is 0.766. The molecule has 0 radical (unpaired) electrons. The van der Waals surface area contributed by atoms with Crippen molar-refractivity contribution >= 4 is 13.6 Å². The Kier molecular flexibility index (Phi) is 6.23. The summed E-state index contributed by atoms with van der Waals surface area (Å²) in [7, 11) is -4.81. The van der Waals surface area contributed by atoms with Crippen LogP contribution in [-0.2, 0) is 13.9 Å². The fourth-order valence-corrected chi connectivity index (χ4v) is 1.11. The van der Waals surface area contributed by atoms with E-state index in [0.29, 0.717) is 0 Å². The summed E-state index contributed by atoms with van der Waals surface area (Å²) in [5.74, 6) is -1.14. The van der Waals surface area contributed by atoms with Gasteiger partial charge in [0.05, 0.1) is 6.61 Å². The van der Waals surface area contributed by atoms with Gasteiger partial charge in [-0.3, -0.25) is 9.32 Å². The molecule has 0 fully saturated rings. The SMILES string of the molecule is O=C(CO)C(O)C(O)C(O)COP(=O)(O)O. The molecule has 0 saturated heterocycles. The Balaban J connectivity index is 4.23. The number of aliphatic hydroxyl groups excluding tert-OH is 4. The van der Waals surface area contributed by atoms with E-state index < -0.39 is 45.1 Å². The first-order chi connectivity index (χ1) is 7.19. The van der Waals surface area contributed by atoms with Gasteiger partial charge in [-0.2, -0.15) is 0 Å². The first-order valence-corrected chi connectivity index (χ1v) is 5.60. The Hall–Kier alpha value is -0.380. The Morgan fingerprint density at radius 2 is 1.75 bits per heavy atom. The maximum absolute atomic E-state index is 10.7. The third-order valence-electron chi connectivity index (χ3n) is 1.62. The number of phosphoric acid groups is 1. The van der Waals surface area contributed by atoms with Crippen LogP contribution in [0.2, 0.25) is 0 Å². The topological polar surface area (TPSA) is 165 Å². The number of carbonyl (C=O) groups excluding carboxylic acids is 1. The molecule has 0 aliphatic heterocycles. The standard InChI is InChI=1S/C6H13O9P/c7-1-3(8)5(10)6(11)4(9)2-15-16(12,13)14/h4-7,9-11H,1-2H2,(H2,12,13,14). The molecule has 6 N–H and O–H groups in total. The van der Waals surface area contributed by atoms with Gasteiger partial charge in [0.2, 0.25) is 0 Å². The molecule has 0 rings (SSSR count). The molecule has 0 aliphatic carbocycles. The Morgan fingerprint density at radius 3 is 2.12 bits per heavy atom. The van der Waals surface area contributed by atoms with Gasteiger partial charge in [0.15, 0.2) is 5.78 Å². The number of aliphatic hydroxyl groups is 4. The van der Waals surface area contributed by atoms with Crippen LogP contribution >= 0.6 is 7.82 Å². The quantitative estimate of drug-likeness (QED) is 0.258. The van der Waals surface area contributed by atoms with Gasteiger partial charge < -0.3 is 30.2 Å². The van der Waals surface area contributed by atoms with Crippen LogP contribution in [0.4, 0.5) is 0 Å². The molecule has 0 bridgehead atoms. The third kappa shape index (κ3) is 5.64. The minimum absolute atomic E-state index is 0.971. The number of phosphoric ester groups is 1. The Labute approximate surface area is 90.2 Å². The zero-order chi connectivity index (χ0) is 12.9. The summed E-state index contributed by atoms with van der Waals surface area (Å²) in [6.07, 6.45) is -5.94. The normalized spacial score (nSPS) is 17.9. The molecule has 10 heteroatoms. The lowest BCUT2D eigenvalue weighted by atomic mass is 10.1. The van der Waals surface area contributed by atoms with Crippen LogP contribution in [0.3, 0.4) is 0 Å². The third-order valence-corrected chi connectivity index (χ3v) is 2.10. The van der Waals surface area contributed by atoms with E-state index in [1.165, 1.54) is 0 Å². The van der Waals surface area contributed by atoms with Crippen molar-refractivity contribution in [3.05, 3.63) is 0 Å². The van der Waals surface area contributed by atoms with Crippen LogP contribution in [0.25, 0.3) is 0 Å². The summed E-state index contributed by atoms with van der Waals surface area (Å²) in [5.41, 5.74) is 0. The molecule has 0 aliphatic rings. The smallest absolute Gasteiger partial charge is 0.388 e. The number of ketones is 1. The molecule has 0 amide bonds. The molecular weight excluding hydrogens is 247 g/mol. The van der Waals surface area contributed by atoms with E-state index in [1.54, 1.807) is 0 Å². The van der Waals surface area contributed by atoms with Crippen molar-refractivity contribution in [2.75, 3.05) is 13.2 Å². The van der Waals surface area contributed by atoms with Gasteiger partial charge in [0.25, 0.3) is 0 Å². The van der Waals surface area contributed by atoms with Crippen molar-refractivity contribution in [2.45, 2.75) is 18.3 Å². The Morgan fingerprint density at radius 1 is 1.25 bits per heavy atom. The van der Waals surface area contributed by atoms with Crippen molar-refractivity contribution in [2.24, 2.45) is 0 Å². The average molecular weight is 260 g/mol. The van der Waals surface area contributed by atoms with Crippen molar-refractivity contribution in [1.82, 2.24) is 0 Å². The molecule has 0 aromatic carbocycles. The summed E-state index contributed by atoms with van der Waals surface area (Å²) in [5, 5.41) is 35.6. The maximum atomic E-state index is 10.7. The van der Waals surface area contributed by atoms with Crippen molar-refractivity contribution in [3.8, 4) is 0 Å². The lowest BCUT2D eigenvalue weighted by Gasteiger charge is -2.21. The first-order valence-electron chi connectivity index (χ1n) is 4.07. The molecule has 0 saturated carbocycles. The predicted octanol–water partition coefficient (Wildman–Crippen LogP) is -3.26. The number of rotatable bonds is 7. The van der Waals surface area contributed by atoms with E-state index >= 15 is 0 Å². The molecule has 0 aromatic heterocycles.